The molecule has 3 rings (SSSR count). The van der Waals surface area contributed by atoms with Gasteiger partial charge >= 0.3 is 0 Å². The number of benzene rings is 3. The lowest BCUT2D eigenvalue weighted by Crippen LogP contribution is -2.30. The van der Waals surface area contributed by atoms with Gasteiger partial charge in [-0.15, -0.1) is 0 Å². The second-order valence-electron chi connectivity index (χ2n) is 6.98. The predicted molar refractivity (Wildman–Crippen MR) is 123 cm³/mol. The van der Waals surface area contributed by atoms with Crippen LogP contribution in [0.1, 0.15) is 40.0 Å². The van der Waals surface area contributed by atoms with Crippen LogP contribution in [0.5, 0.6) is 11.5 Å². The van der Waals surface area contributed by atoms with Crippen LogP contribution in [-0.2, 0) is 12.8 Å². The summed E-state index contributed by atoms with van der Waals surface area (Å²) >= 11 is 3.42. The molecule has 0 heterocycles. The van der Waals surface area contributed by atoms with E-state index in [2.05, 4.69) is 40.3 Å². The van der Waals surface area contributed by atoms with E-state index < -0.39 is 0 Å². The third-order valence-corrected chi connectivity index (χ3v) is 5.62. The largest absolute Gasteiger partial charge is 0.493 e. The fraction of sp³-hybridized carbons (Fsp3) is 0.240. The van der Waals surface area contributed by atoms with Gasteiger partial charge in [0.25, 0.3) is 5.91 Å². The van der Waals surface area contributed by atoms with Gasteiger partial charge in [0, 0.05) is 10.0 Å². The number of rotatable bonds is 8. The smallest absolute Gasteiger partial charge is 0.251 e. The number of aryl methyl sites for hydroxylation is 1. The predicted octanol–water partition coefficient (Wildman–Crippen LogP) is 5.74. The molecule has 1 atom stereocenters. The molecule has 0 fully saturated rings. The standard InChI is InChI=1S/C25H26BrNO3/c1-4-18-15-23(29-2)24(30-3)16-21(18)22(14-17-8-6-5-7-9-17)27-25(28)19-10-12-20(26)13-11-19/h5-13,15-16,22H,4,14H2,1-3H3,(H,27,28)/t22-/m1/s1. The Balaban J connectivity index is 2.00. The van der Waals surface area contributed by atoms with Gasteiger partial charge in [-0.1, -0.05) is 53.2 Å². The molecule has 0 bridgehead atoms. The molecule has 1 N–H and O–H groups in total. The van der Waals surface area contributed by atoms with Crippen molar-refractivity contribution in [1.82, 2.24) is 5.32 Å². The lowest BCUT2D eigenvalue weighted by molar-refractivity contribution is 0.0936. The summed E-state index contributed by atoms with van der Waals surface area (Å²) in [6.07, 6.45) is 1.49. The number of carbonyl (C=O) groups excluding carboxylic acids is 1. The summed E-state index contributed by atoms with van der Waals surface area (Å²) in [6.45, 7) is 2.10. The molecule has 5 heteroatoms. The molecule has 0 spiro atoms. The van der Waals surface area contributed by atoms with Crippen molar-refractivity contribution >= 4 is 21.8 Å². The van der Waals surface area contributed by atoms with Gasteiger partial charge in [0.1, 0.15) is 0 Å². The Kier molecular flexibility index (Phi) is 7.52. The van der Waals surface area contributed by atoms with Crippen LogP contribution >= 0.6 is 15.9 Å². The number of methoxy groups -OCH3 is 2. The molecule has 30 heavy (non-hydrogen) atoms. The highest BCUT2D eigenvalue weighted by molar-refractivity contribution is 9.10. The molecule has 1 amide bonds. The van der Waals surface area contributed by atoms with Gasteiger partial charge in [-0.3, -0.25) is 4.79 Å². The van der Waals surface area contributed by atoms with Crippen molar-refractivity contribution in [2.75, 3.05) is 14.2 Å². The van der Waals surface area contributed by atoms with Crippen LogP contribution < -0.4 is 14.8 Å². The maximum atomic E-state index is 13.0. The van der Waals surface area contributed by atoms with Gasteiger partial charge in [-0.05, 0) is 65.9 Å². The van der Waals surface area contributed by atoms with Crippen molar-refractivity contribution < 1.29 is 14.3 Å². The van der Waals surface area contributed by atoms with Crippen LogP contribution in [0.15, 0.2) is 71.2 Å². The van der Waals surface area contributed by atoms with Crippen molar-refractivity contribution in [2.45, 2.75) is 25.8 Å². The summed E-state index contributed by atoms with van der Waals surface area (Å²) in [7, 11) is 3.26. The Morgan fingerprint density at radius 2 is 1.60 bits per heavy atom. The normalized spacial score (nSPS) is 11.6. The minimum atomic E-state index is -0.210. The first kappa shape index (κ1) is 21.9. The van der Waals surface area contributed by atoms with Gasteiger partial charge in [-0.25, -0.2) is 0 Å². The third-order valence-electron chi connectivity index (χ3n) is 5.10. The van der Waals surface area contributed by atoms with Gasteiger partial charge in [0.05, 0.1) is 20.3 Å². The molecule has 0 aliphatic heterocycles. The van der Waals surface area contributed by atoms with Crippen LogP contribution in [0.4, 0.5) is 0 Å². The van der Waals surface area contributed by atoms with Crippen molar-refractivity contribution in [2.24, 2.45) is 0 Å². The second kappa shape index (κ2) is 10.3. The van der Waals surface area contributed by atoms with Crippen molar-refractivity contribution in [1.29, 1.82) is 0 Å². The van der Waals surface area contributed by atoms with E-state index in [4.69, 9.17) is 9.47 Å². The van der Waals surface area contributed by atoms with E-state index in [0.29, 0.717) is 23.5 Å². The summed E-state index contributed by atoms with van der Waals surface area (Å²) < 4.78 is 12.0. The maximum Gasteiger partial charge on any atom is 0.251 e. The van der Waals surface area contributed by atoms with Gasteiger partial charge in [-0.2, -0.15) is 0 Å². The molecule has 0 radical (unpaired) electrons. The van der Waals surface area contributed by atoms with Crippen molar-refractivity contribution in [3.05, 3.63) is 93.5 Å². The summed E-state index contributed by atoms with van der Waals surface area (Å²) in [5.41, 5.74) is 3.92. The number of ether oxygens (including phenoxy) is 2. The Bertz CT molecular complexity index is 987. The molecule has 0 aliphatic rings. The fourth-order valence-corrected chi connectivity index (χ4v) is 3.76. The van der Waals surface area contributed by atoms with E-state index in [1.807, 2.05) is 54.6 Å². The van der Waals surface area contributed by atoms with E-state index in [9.17, 15) is 4.79 Å². The molecule has 0 aliphatic carbocycles. The molecule has 156 valence electrons. The number of halogens is 1. The average Bonchev–Trinajstić information content (AvgIpc) is 2.78. The number of hydrogen-bond acceptors (Lipinski definition) is 3. The minimum absolute atomic E-state index is 0.111. The van der Waals surface area contributed by atoms with E-state index in [1.165, 1.54) is 0 Å². The Labute approximate surface area is 186 Å². The van der Waals surface area contributed by atoms with Crippen LogP contribution in [0.25, 0.3) is 0 Å². The number of nitrogens with one attached hydrogen (secondary N) is 1. The fourth-order valence-electron chi connectivity index (χ4n) is 3.50. The number of amides is 1. The number of hydrogen-bond donors (Lipinski definition) is 1. The molecule has 0 unspecified atom stereocenters. The van der Waals surface area contributed by atoms with E-state index in [0.717, 1.165) is 27.6 Å². The molecule has 0 aromatic heterocycles. The van der Waals surface area contributed by atoms with Crippen LogP contribution in [0.2, 0.25) is 0 Å². The summed E-state index contributed by atoms with van der Waals surface area (Å²) in [5.74, 6) is 1.23. The highest BCUT2D eigenvalue weighted by Crippen LogP contribution is 2.35. The van der Waals surface area contributed by atoms with E-state index in [1.54, 1.807) is 14.2 Å². The van der Waals surface area contributed by atoms with Crippen LogP contribution in [-0.4, -0.2) is 20.1 Å². The maximum absolute atomic E-state index is 13.0. The van der Waals surface area contributed by atoms with Gasteiger partial charge < -0.3 is 14.8 Å². The Hall–Kier alpha value is -2.79. The zero-order valence-electron chi connectivity index (χ0n) is 17.4. The summed E-state index contributed by atoms with van der Waals surface area (Å²) in [5, 5.41) is 3.23. The van der Waals surface area contributed by atoms with Gasteiger partial charge in [0.15, 0.2) is 11.5 Å². The Morgan fingerprint density at radius 1 is 0.967 bits per heavy atom. The molecule has 4 nitrogen and oxygen atoms in total. The SMILES string of the molecule is CCc1cc(OC)c(OC)cc1[C@@H](Cc1ccccc1)NC(=O)c1ccc(Br)cc1. The van der Waals surface area contributed by atoms with E-state index in [-0.39, 0.29) is 11.9 Å². The summed E-state index contributed by atoms with van der Waals surface area (Å²) in [4.78, 5) is 13.0. The zero-order chi connectivity index (χ0) is 21.5. The first-order chi connectivity index (χ1) is 14.5. The minimum Gasteiger partial charge on any atom is -0.493 e. The molecule has 3 aromatic carbocycles. The van der Waals surface area contributed by atoms with Gasteiger partial charge in [0.2, 0.25) is 0 Å². The van der Waals surface area contributed by atoms with Crippen LogP contribution in [0, 0.1) is 0 Å². The average molecular weight is 468 g/mol. The van der Waals surface area contributed by atoms with Crippen molar-refractivity contribution in [3.63, 3.8) is 0 Å². The molecular formula is C25H26BrNO3. The lowest BCUT2D eigenvalue weighted by atomic mass is 9.92. The zero-order valence-corrected chi connectivity index (χ0v) is 19.0. The molecular weight excluding hydrogens is 442 g/mol. The first-order valence-electron chi connectivity index (χ1n) is 9.90. The first-order valence-corrected chi connectivity index (χ1v) is 10.7. The highest BCUT2D eigenvalue weighted by Gasteiger charge is 2.21. The monoisotopic (exact) mass is 467 g/mol. The molecule has 0 saturated heterocycles. The molecule has 3 aromatic rings. The Morgan fingerprint density at radius 3 is 2.20 bits per heavy atom. The number of carbonyl (C=O) groups is 1. The molecule has 0 saturated carbocycles. The summed E-state index contributed by atoms with van der Waals surface area (Å²) in [6, 6.07) is 21.3. The topological polar surface area (TPSA) is 47.6 Å². The highest BCUT2D eigenvalue weighted by atomic mass is 79.9. The van der Waals surface area contributed by atoms with Crippen LogP contribution in [0.3, 0.4) is 0 Å². The lowest BCUT2D eigenvalue weighted by Gasteiger charge is -2.24. The third kappa shape index (κ3) is 5.22. The van der Waals surface area contributed by atoms with E-state index >= 15 is 0 Å². The quantitative estimate of drug-likeness (QED) is 0.459. The second-order valence-corrected chi connectivity index (χ2v) is 7.90. The van der Waals surface area contributed by atoms with Crippen molar-refractivity contribution in [3.8, 4) is 11.5 Å².